The number of rotatable bonds is 1. The summed E-state index contributed by atoms with van der Waals surface area (Å²) >= 11 is 0. The third-order valence-electron chi connectivity index (χ3n) is 1.95. The van der Waals surface area contributed by atoms with Gasteiger partial charge in [0, 0.05) is 0 Å². The maximum absolute atomic E-state index is 10.4. The van der Waals surface area contributed by atoms with Gasteiger partial charge in [-0.05, 0) is 18.7 Å². The highest BCUT2D eigenvalue weighted by Crippen LogP contribution is 2.25. The summed E-state index contributed by atoms with van der Waals surface area (Å²) < 4.78 is 4.82. The zero-order valence-electron chi connectivity index (χ0n) is 6.36. The highest BCUT2D eigenvalue weighted by molar-refractivity contribution is 6.45. The van der Waals surface area contributed by atoms with Crippen LogP contribution in [0.4, 0.5) is 0 Å². The molecule has 0 aromatic heterocycles. The summed E-state index contributed by atoms with van der Waals surface area (Å²) in [7, 11) is -0.912. The van der Waals surface area contributed by atoms with E-state index in [-0.39, 0.29) is 5.82 Å². The Balaban J connectivity index is 2.46. The van der Waals surface area contributed by atoms with Gasteiger partial charge in [0.1, 0.15) is 6.10 Å². The molecule has 2 atom stereocenters. The zero-order valence-corrected chi connectivity index (χ0v) is 6.36. The molecule has 1 fully saturated rings. The average molecular weight is 158 g/mol. The predicted molar refractivity (Wildman–Crippen MR) is 39.1 cm³/mol. The Morgan fingerprint density at radius 1 is 1.64 bits per heavy atom. The van der Waals surface area contributed by atoms with Crippen LogP contribution in [0.25, 0.3) is 0 Å². The second-order valence-electron chi connectivity index (χ2n) is 2.91. The van der Waals surface area contributed by atoms with Crippen molar-refractivity contribution in [3.63, 3.8) is 0 Å². The fourth-order valence-corrected chi connectivity index (χ4v) is 1.11. The lowest BCUT2D eigenvalue weighted by atomic mass is 9.68. The highest BCUT2D eigenvalue weighted by atomic mass is 16.5. The van der Waals surface area contributed by atoms with Crippen LogP contribution in [0.5, 0.6) is 0 Å². The summed E-state index contributed by atoms with van der Waals surface area (Å²) in [5.74, 6) is -0.943. The molecule has 11 heavy (non-hydrogen) atoms. The van der Waals surface area contributed by atoms with Gasteiger partial charge in [0.05, 0.1) is 0 Å². The van der Waals surface area contributed by atoms with Crippen LogP contribution in [0.3, 0.4) is 0 Å². The summed E-state index contributed by atoms with van der Waals surface area (Å²) in [5, 5.41) is 17.6. The fourth-order valence-electron chi connectivity index (χ4n) is 1.11. The summed E-state index contributed by atoms with van der Waals surface area (Å²) in [6, 6.07) is 0. The molecule has 0 unspecified atom stereocenters. The van der Waals surface area contributed by atoms with Gasteiger partial charge in [-0.15, -0.1) is 0 Å². The molecule has 62 valence electrons. The number of carboxylic acids is 1. The second kappa shape index (κ2) is 3.23. The first kappa shape index (κ1) is 8.55. The molecule has 2 N–H and O–H groups in total. The first-order valence-electron chi connectivity index (χ1n) is 3.67. The van der Waals surface area contributed by atoms with Gasteiger partial charge in [0.15, 0.2) is 0 Å². The third kappa shape index (κ3) is 1.94. The summed E-state index contributed by atoms with van der Waals surface area (Å²) in [6.45, 7) is 1.84. The molecule has 0 aromatic rings. The molecule has 1 aliphatic rings. The van der Waals surface area contributed by atoms with Gasteiger partial charge in [-0.25, -0.2) is 4.79 Å². The predicted octanol–water partition coefficient (Wildman–Crippen LogP) is 0.121. The average Bonchev–Trinajstić information content (AvgIpc) is 1.94. The lowest BCUT2D eigenvalue weighted by Gasteiger charge is -2.26. The Hall–Kier alpha value is -0.545. The minimum atomic E-state index is -0.990. The van der Waals surface area contributed by atoms with Gasteiger partial charge in [0.2, 0.25) is 0 Å². The van der Waals surface area contributed by atoms with Crippen LogP contribution in [0.2, 0.25) is 5.82 Å². The summed E-state index contributed by atoms with van der Waals surface area (Å²) in [6.07, 6.45) is 0.382. The molecule has 0 aliphatic carbocycles. The van der Waals surface area contributed by atoms with Crippen molar-refractivity contribution in [2.45, 2.75) is 31.7 Å². The van der Waals surface area contributed by atoms with Crippen LogP contribution in [-0.4, -0.2) is 29.3 Å². The molecule has 1 rings (SSSR count). The van der Waals surface area contributed by atoms with Crippen LogP contribution in [-0.2, 0) is 9.45 Å². The van der Waals surface area contributed by atoms with Crippen LogP contribution < -0.4 is 0 Å². The zero-order chi connectivity index (χ0) is 8.43. The van der Waals surface area contributed by atoms with E-state index >= 15 is 0 Å². The lowest BCUT2D eigenvalue weighted by molar-refractivity contribution is -0.147. The molecule has 1 heterocycles. The molecular formula is C6H11BO4. The highest BCUT2D eigenvalue weighted by Gasteiger charge is 2.34. The molecule has 0 saturated carbocycles. The van der Waals surface area contributed by atoms with Gasteiger partial charge >= 0.3 is 13.1 Å². The molecule has 1 aliphatic heterocycles. The number of hydrogen-bond donors (Lipinski definition) is 2. The van der Waals surface area contributed by atoms with Gasteiger partial charge in [-0.1, -0.05) is 6.92 Å². The van der Waals surface area contributed by atoms with Crippen molar-refractivity contribution >= 4 is 13.1 Å². The minimum absolute atomic E-state index is 0.0469. The normalized spacial score (nSPS) is 32.0. The van der Waals surface area contributed by atoms with Crippen molar-refractivity contribution in [2.24, 2.45) is 0 Å². The number of carboxylic acid groups (broad SMARTS) is 1. The van der Waals surface area contributed by atoms with E-state index in [1.165, 1.54) is 0 Å². The van der Waals surface area contributed by atoms with Crippen molar-refractivity contribution in [2.75, 3.05) is 0 Å². The Morgan fingerprint density at radius 3 is 2.73 bits per heavy atom. The Bertz CT molecular complexity index is 161. The van der Waals surface area contributed by atoms with Crippen molar-refractivity contribution in [1.29, 1.82) is 0 Å². The maximum atomic E-state index is 10.4. The molecule has 4 nitrogen and oxygen atoms in total. The van der Waals surface area contributed by atoms with Gasteiger partial charge in [0.25, 0.3) is 0 Å². The maximum Gasteiger partial charge on any atom is 0.457 e. The molecular weight excluding hydrogens is 147 g/mol. The monoisotopic (exact) mass is 158 g/mol. The SMILES string of the molecule is C[C@H]1CC[C@H](C(=O)O)OB1O. The molecule has 0 radical (unpaired) electrons. The fraction of sp³-hybridized carbons (Fsp3) is 0.833. The van der Waals surface area contributed by atoms with E-state index in [0.29, 0.717) is 12.8 Å². The van der Waals surface area contributed by atoms with E-state index in [1.54, 1.807) is 0 Å². The van der Waals surface area contributed by atoms with E-state index in [2.05, 4.69) is 0 Å². The second-order valence-corrected chi connectivity index (χ2v) is 2.91. The number of aliphatic carboxylic acids is 1. The number of hydrogen-bond acceptors (Lipinski definition) is 3. The van der Waals surface area contributed by atoms with Crippen molar-refractivity contribution < 1.29 is 19.6 Å². The third-order valence-corrected chi connectivity index (χ3v) is 1.95. The molecule has 1 saturated heterocycles. The minimum Gasteiger partial charge on any atom is -0.479 e. The van der Waals surface area contributed by atoms with Gasteiger partial charge in [-0.2, -0.15) is 0 Å². The van der Waals surface area contributed by atoms with E-state index < -0.39 is 19.2 Å². The van der Waals surface area contributed by atoms with Crippen molar-refractivity contribution in [3.8, 4) is 0 Å². The van der Waals surface area contributed by atoms with Crippen molar-refractivity contribution in [3.05, 3.63) is 0 Å². The summed E-state index contributed by atoms with van der Waals surface area (Å²) in [5.41, 5.74) is 0. The standard InChI is InChI=1S/C6H11BO4/c1-4-2-3-5(6(8)9)11-7(4)10/h4-5,10H,2-3H2,1H3,(H,8,9)/t4-,5+/m0/s1. The Kier molecular flexibility index (Phi) is 2.51. The van der Waals surface area contributed by atoms with Crippen LogP contribution in [0, 0.1) is 0 Å². The van der Waals surface area contributed by atoms with E-state index in [9.17, 15) is 4.79 Å². The molecule has 0 amide bonds. The van der Waals surface area contributed by atoms with Gasteiger partial charge in [-0.3, -0.25) is 0 Å². The number of carbonyl (C=O) groups is 1. The molecule has 5 heteroatoms. The van der Waals surface area contributed by atoms with Gasteiger partial charge < -0.3 is 14.8 Å². The molecule has 0 bridgehead atoms. The first-order chi connectivity index (χ1) is 5.11. The largest absolute Gasteiger partial charge is 0.479 e. The smallest absolute Gasteiger partial charge is 0.457 e. The van der Waals surface area contributed by atoms with Crippen LogP contribution >= 0.6 is 0 Å². The van der Waals surface area contributed by atoms with Crippen molar-refractivity contribution in [1.82, 2.24) is 0 Å². The molecule has 0 aromatic carbocycles. The van der Waals surface area contributed by atoms with E-state index in [1.807, 2.05) is 6.92 Å². The lowest BCUT2D eigenvalue weighted by Crippen LogP contribution is -2.39. The van der Waals surface area contributed by atoms with Crippen LogP contribution in [0.1, 0.15) is 19.8 Å². The van der Waals surface area contributed by atoms with E-state index in [4.69, 9.17) is 14.8 Å². The van der Waals surface area contributed by atoms with E-state index in [0.717, 1.165) is 0 Å². The topological polar surface area (TPSA) is 66.8 Å². The summed E-state index contributed by atoms with van der Waals surface area (Å²) in [4.78, 5) is 10.4. The Morgan fingerprint density at radius 2 is 2.27 bits per heavy atom. The quantitative estimate of drug-likeness (QED) is 0.532. The van der Waals surface area contributed by atoms with Crippen LogP contribution in [0.15, 0.2) is 0 Å². The Labute approximate surface area is 65.3 Å². The molecule has 0 spiro atoms. The first-order valence-corrected chi connectivity index (χ1v) is 3.67.